The van der Waals surface area contributed by atoms with E-state index in [0.717, 1.165) is 5.56 Å². The zero-order valence-electron chi connectivity index (χ0n) is 10.5. The summed E-state index contributed by atoms with van der Waals surface area (Å²) in [6.07, 6.45) is 3.16. The summed E-state index contributed by atoms with van der Waals surface area (Å²) in [6.45, 7) is 2.96. The van der Waals surface area contributed by atoms with Crippen LogP contribution in [0.3, 0.4) is 0 Å². The molecule has 100 valence electrons. The lowest BCUT2D eigenvalue weighted by Crippen LogP contribution is -2.33. The van der Waals surface area contributed by atoms with Gasteiger partial charge in [-0.2, -0.15) is 5.10 Å². The molecule has 0 N–H and O–H groups in total. The lowest BCUT2D eigenvalue weighted by atomic mass is 10.1. The molecule has 5 nitrogen and oxygen atoms in total. The molecule has 1 aliphatic rings. The molecule has 2 atom stereocenters. The molecule has 2 unspecified atom stereocenters. The van der Waals surface area contributed by atoms with Gasteiger partial charge in [0, 0.05) is 10.6 Å². The summed E-state index contributed by atoms with van der Waals surface area (Å²) in [5.74, 6) is -0.849. The number of hydrogen-bond acceptors (Lipinski definition) is 4. The first-order valence-electron chi connectivity index (χ1n) is 6.08. The van der Waals surface area contributed by atoms with Gasteiger partial charge < -0.3 is 9.47 Å². The Bertz CT molecular complexity index is 561. The summed E-state index contributed by atoms with van der Waals surface area (Å²) >= 11 is 6.06. The predicted octanol–water partition coefficient (Wildman–Crippen LogP) is 2.22. The minimum absolute atomic E-state index is 0.0301. The highest BCUT2D eigenvalue weighted by atomic mass is 35.5. The standard InChI is InChI=1S/C13H14ClN3O2/c1-10-6-18-13(19-10,7-17-9-15-8-16-17)11-3-2-4-12(14)5-11/h2-5,8-10H,6-7H2,1H3. The first-order valence-corrected chi connectivity index (χ1v) is 6.46. The van der Waals surface area contributed by atoms with Gasteiger partial charge in [-0.05, 0) is 19.1 Å². The molecule has 0 spiro atoms. The Morgan fingerprint density at radius 3 is 3.05 bits per heavy atom. The number of hydrogen-bond donors (Lipinski definition) is 0. The lowest BCUT2D eigenvalue weighted by molar-refractivity contribution is -0.186. The van der Waals surface area contributed by atoms with Crippen molar-refractivity contribution < 1.29 is 9.47 Å². The molecule has 0 bridgehead atoms. The number of nitrogens with zero attached hydrogens (tertiary/aromatic N) is 3. The number of halogens is 1. The Labute approximate surface area is 116 Å². The SMILES string of the molecule is CC1COC(Cn2cncn2)(c2cccc(Cl)c2)O1. The number of benzene rings is 1. The molecule has 1 saturated heterocycles. The summed E-state index contributed by atoms with van der Waals surface area (Å²) < 4.78 is 13.6. The maximum atomic E-state index is 6.06. The minimum atomic E-state index is -0.849. The highest BCUT2D eigenvalue weighted by Gasteiger charge is 2.42. The summed E-state index contributed by atoms with van der Waals surface area (Å²) in [7, 11) is 0. The van der Waals surface area contributed by atoms with Crippen molar-refractivity contribution in [2.75, 3.05) is 6.61 Å². The maximum absolute atomic E-state index is 6.06. The summed E-state index contributed by atoms with van der Waals surface area (Å²) in [6, 6.07) is 7.51. The Kier molecular flexibility index (Phi) is 3.26. The van der Waals surface area contributed by atoms with Crippen molar-refractivity contribution in [1.29, 1.82) is 0 Å². The minimum Gasteiger partial charge on any atom is -0.342 e. The van der Waals surface area contributed by atoms with Crippen LogP contribution in [0.5, 0.6) is 0 Å². The van der Waals surface area contributed by atoms with E-state index in [9.17, 15) is 0 Å². The zero-order chi connectivity index (χ0) is 13.3. The van der Waals surface area contributed by atoms with Crippen molar-refractivity contribution in [1.82, 2.24) is 14.8 Å². The molecule has 0 aliphatic carbocycles. The second-order valence-corrected chi connectivity index (χ2v) is 5.03. The van der Waals surface area contributed by atoms with Crippen molar-refractivity contribution in [2.24, 2.45) is 0 Å². The van der Waals surface area contributed by atoms with E-state index in [4.69, 9.17) is 21.1 Å². The highest BCUT2D eigenvalue weighted by Crippen LogP contribution is 2.36. The molecule has 1 fully saturated rings. The zero-order valence-corrected chi connectivity index (χ0v) is 11.2. The van der Waals surface area contributed by atoms with Crippen molar-refractivity contribution in [2.45, 2.75) is 25.4 Å². The molecule has 19 heavy (non-hydrogen) atoms. The molecule has 6 heteroatoms. The van der Waals surface area contributed by atoms with Gasteiger partial charge in [0.15, 0.2) is 0 Å². The molecule has 0 radical (unpaired) electrons. The third-order valence-corrected chi connectivity index (χ3v) is 3.28. The lowest BCUT2D eigenvalue weighted by Gasteiger charge is -2.28. The number of ether oxygens (including phenoxy) is 2. The second kappa shape index (κ2) is 4.92. The molecule has 0 amide bonds. The average Bonchev–Trinajstić information content (AvgIpc) is 3.01. The molecule has 3 rings (SSSR count). The molecule has 2 heterocycles. The van der Waals surface area contributed by atoms with Crippen LogP contribution in [0.25, 0.3) is 0 Å². The summed E-state index contributed by atoms with van der Waals surface area (Å²) in [5, 5.41) is 4.77. The van der Waals surface area contributed by atoms with Crippen LogP contribution < -0.4 is 0 Å². The molecule has 1 aromatic heterocycles. The molecular formula is C13H14ClN3O2. The topological polar surface area (TPSA) is 49.2 Å². The van der Waals surface area contributed by atoms with Gasteiger partial charge in [0.05, 0.1) is 12.7 Å². The van der Waals surface area contributed by atoms with E-state index in [1.807, 2.05) is 31.2 Å². The largest absolute Gasteiger partial charge is 0.342 e. The van der Waals surface area contributed by atoms with Gasteiger partial charge >= 0.3 is 0 Å². The Hall–Kier alpha value is -1.43. The highest BCUT2D eigenvalue weighted by molar-refractivity contribution is 6.30. The Morgan fingerprint density at radius 2 is 2.42 bits per heavy atom. The first-order chi connectivity index (χ1) is 9.18. The van der Waals surface area contributed by atoms with Crippen molar-refractivity contribution in [3.05, 3.63) is 47.5 Å². The monoisotopic (exact) mass is 279 g/mol. The normalized spacial score (nSPS) is 26.7. The van der Waals surface area contributed by atoms with Crippen LogP contribution in [0.15, 0.2) is 36.9 Å². The summed E-state index contributed by atoms with van der Waals surface area (Å²) in [4.78, 5) is 3.94. The van der Waals surface area contributed by atoms with Crippen LogP contribution in [-0.2, 0) is 21.8 Å². The van der Waals surface area contributed by atoms with E-state index in [1.54, 1.807) is 11.0 Å². The van der Waals surface area contributed by atoms with Gasteiger partial charge in [0.1, 0.15) is 19.2 Å². The van der Waals surface area contributed by atoms with Crippen LogP contribution in [0.2, 0.25) is 5.02 Å². The second-order valence-electron chi connectivity index (χ2n) is 4.60. The fourth-order valence-electron chi connectivity index (χ4n) is 2.22. The van der Waals surface area contributed by atoms with Gasteiger partial charge in [0.2, 0.25) is 5.79 Å². The summed E-state index contributed by atoms with van der Waals surface area (Å²) in [5.41, 5.74) is 0.889. The molecule has 1 aliphatic heterocycles. The smallest absolute Gasteiger partial charge is 0.215 e. The predicted molar refractivity (Wildman–Crippen MR) is 69.7 cm³/mol. The van der Waals surface area contributed by atoms with E-state index in [2.05, 4.69) is 10.1 Å². The van der Waals surface area contributed by atoms with Gasteiger partial charge in [-0.1, -0.05) is 23.7 Å². The fraction of sp³-hybridized carbons (Fsp3) is 0.385. The van der Waals surface area contributed by atoms with Gasteiger partial charge in [-0.15, -0.1) is 0 Å². The quantitative estimate of drug-likeness (QED) is 0.864. The molecule has 0 saturated carbocycles. The fourth-order valence-corrected chi connectivity index (χ4v) is 2.41. The van der Waals surface area contributed by atoms with E-state index >= 15 is 0 Å². The third kappa shape index (κ3) is 2.49. The third-order valence-electron chi connectivity index (χ3n) is 3.04. The van der Waals surface area contributed by atoms with Crippen molar-refractivity contribution in [3.8, 4) is 0 Å². The van der Waals surface area contributed by atoms with Crippen molar-refractivity contribution in [3.63, 3.8) is 0 Å². The Morgan fingerprint density at radius 1 is 1.53 bits per heavy atom. The van der Waals surface area contributed by atoms with Gasteiger partial charge in [-0.3, -0.25) is 0 Å². The molecule has 2 aromatic rings. The van der Waals surface area contributed by atoms with Crippen LogP contribution in [0.4, 0.5) is 0 Å². The average molecular weight is 280 g/mol. The van der Waals surface area contributed by atoms with Crippen LogP contribution in [0.1, 0.15) is 12.5 Å². The van der Waals surface area contributed by atoms with E-state index in [-0.39, 0.29) is 6.10 Å². The number of aromatic nitrogens is 3. The maximum Gasteiger partial charge on any atom is 0.215 e. The van der Waals surface area contributed by atoms with E-state index < -0.39 is 5.79 Å². The Balaban J connectivity index is 1.97. The van der Waals surface area contributed by atoms with Crippen LogP contribution in [0, 0.1) is 0 Å². The van der Waals surface area contributed by atoms with Gasteiger partial charge in [-0.25, -0.2) is 9.67 Å². The van der Waals surface area contributed by atoms with Gasteiger partial charge in [0.25, 0.3) is 0 Å². The van der Waals surface area contributed by atoms with Crippen molar-refractivity contribution >= 4 is 11.6 Å². The number of rotatable bonds is 3. The van der Waals surface area contributed by atoms with E-state index in [1.165, 1.54) is 6.33 Å². The molecular weight excluding hydrogens is 266 g/mol. The van der Waals surface area contributed by atoms with E-state index in [0.29, 0.717) is 18.2 Å². The molecule has 1 aromatic carbocycles. The van der Waals surface area contributed by atoms with Crippen LogP contribution >= 0.6 is 11.6 Å². The first kappa shape index (κ1) is 12.6. The van der Waals surface area contributed by atoms with Crippen LogP contribution in [-0.4, -0.2) is 27.5 Å².